The topological polar surface area (TPSA) is 93.8 Å². The van der Waals surface area contributed by atoms with Gasteiger partial charge in [-0.1, -0.05) is 24.3 Å². The summed E-state index contributed by atoms with van der Waals surface area (Å²) in [5, 5.41) is 14.6. The molecule has 2 N–H and O–H groups in total. The highest BCUT2D eigenvalue weighted by molar-refractivity contribution is 5.80. The Balaban J connectivity index is 1.10. The SMILES string of the molecule is O=C(Cc1ccc(-n2cccn2)cc1)NCC(NC(=O)Cc1ccc(-n2cccn2)cc1)C1CC1. The highest BCUT2D eigenvalue weighted by atomic mass is 16.2. The molecule has 0 spiro atoms. The third-order valence-electron chi connectivity index (χ3n) is 6.20. The molecule has 1 fully saturated rings. The first-order valence-electron chi connectivity index (χ1n) is 11.9. The Bertz CT molecular complexity index is 1240. The van der Waals surface area contributed by atoms with Crippen molar-refractivity contribution >= 4 is 11.8 Å². The zero-order valence-electron chi connectivity index (χ0n) is 19.4. The van der Waals surface area contributed by atoms with Crippen molar-refractivity contribution in [2.75, 3.05) is 6.54 Å². The van der Waals surface area contributed by atoms with Crippen molar-refractivity contribution in [2.24, 2.45) is 5.92 Å². The lowest BCUT2D eigenvalue weighted by molar-refractivity contribution is -0.123. The lowest BCUT2D eigenvalue weighted by Crippen LogP contribution is -2.45. The van der Waals surface area contributed by atoms with Crippen molar-refractivity contribution in [1.82, 2.24) is 30.2 Å². The molecule has 1 saturated carbocycles. The molecule has 4 aromatic rings. The fraction of sp³-hybridized carbons (Fsp3) is 0.259. The lowest BCUT2D eigenvalue weighted by atomic mass is 10.1. The lowest BCUT2D eigenvalue weighted by Gasteiger charge is -2.19. The fourth-order valence-corrected chi connectivity index (χ4v) is 4.13. The molecule has 2 heterocycles. The third-order valence-corrected chi connectivity index (χ3v) is 6.20. The number of hydrogen-bond acceptors (Lipinski definition) is 4. The van der Waals surface area contributed by atoms with Crippen LogP contribution in [0.4, 0.5) is 0 Å². The molecule has 0 aliphatic heterocycles. The average Bonchev–Trinajstić information content (AvgIpc) is 3.31. The van der Waals surface area contributed by atoms with E-state index in [9.17, 15) is 9.59 Å². The second-order valence-corrected chi connectivity index (χ2v) is 8.90. The molecule has 1 aliphatic carbocycles. The first kappa shape index (κ1) is 22.6. The summed E-state index contributed by atoms with van der Waals surface area (Å²) in [6, 6.07) is 19.3. The molecule has 0 saturated heterocycles. The standard InChI is InChI=1S/C27H28N6O2/c34-26(17-20-3-9-23(10-4-20)32-15-1-13-29-32)28-19-25(22-7-8-22)31-27(35)18-21-5-11-24(12-6-21)33-16-2-14-30-33/h1-6,9-16,22,25H,7-8,17-19H2,(H,28,34)(H,31,35). The van der Waals surface area contributed by atoms with Crippen molar-refractivity contribution in [3.63, 3.8) is 0 Å². The number of benzene rings is 2. The summed E-state index contributed by atoms with van der Waals surface area (Å²) in [4.78, 5) is 25.2. The Morgan fingerprint density at radius 2 is 1.31 bits per heavy atom. The highest BCUT2D eigenvalue weighted by Gasteiger charge is 2.32. The van der Waals surface area contributed by atoms with Crippen LogP contribution in [-0.4, -0.2) is 44.0 Å². The Morgan fingerprint density at radius 1 is 0.800 bits per heavy atom. The van der Waals surface area contributed by atoms with Crippen LogP contribution < -0.4 is 10.6 Å². The molecule has 35 heavy (non-hydrogen) atoms. The van der Waals surface area contributed by atoms with Gasteiger partial charge >= 0.3 is 0 Å². The van der Waals surface area contributed by atoms with Crippen LogP contribution >= 0.6 is 0 Å². The van der Waals surface area contributed by atoms with Gasteiger partial charge in [-0.05, 0) is 66.3 Å². The zero-order valence-corrected chi connectivity index (χ0v) is 19.4. The van der Waals surface area contributed by atoms with E-state index < -0.39 is 0 Å². The van der Waals surface area contributed by atoms with Gasteiger partial charge in [-0.3, -0.25) is 9.59 Å². The molecule has 8 heteroatoms. The second-order valence-electron chi connectivity index (χ2n) is 8.90. The Hall–Kier alpha value is -4.20. The van der Waals surface area contributed by atoms with Crippen LogP contribution in [0.2, 0.25) is 0 Å². The molecule has 2 aromatic heterocycles. The van der Waals surface area contributed by atoms with Gasteiger partial charge in [0.05, 0.1) is 24.2 Å². The summed E-state index contributed by atoms with van der Waals surface area (Å²) in [6.45, 7) is 0.443. The van der Waals surface area contributed by atoms with E-state index in [0.717, 1.165) is 35.3 Å². The molecule has 178 valence electrons. The van der Waals surface area contributed by atoms with Crippen molar-refractivity contribution < 1.29 is 9.59 Å². The van der Waals surface area contributed by atoms with Crippen LogP contribution in [0.5, 0.6) is 0 Å². The normalized spacial score (nSPS) is 13.8. The number of nitrogens with zero attached hydrogens (tertiary/aromatic N) is 4. The molecule has 1 unspecified atom stereocenters. The van der Waals surface area contributed by atoms with Crippen LogP contribution in [0, 0.1) is 5.92 Å². The minimum absolute atomic E-state index is 0.0304. The molecule has 1 aliphatic rings. The van der Waals surface area contributed by atoms with E-state index in [-0.39, 0.29) is 17.9 Å². The molecule has 2 aromatic carbocycles. The summed E-state index contributed by atoms with van der Waals surface area (Å²) in [7, 11) is 0. The number of carbonyl (C=O) groups excluding carboxylic acids is 2. The number of carbonyl (C=O) groups is 2. The molecule has 2 amide bonds. The Labute approximate surface area is 204 Å². The van der Waals surface area contributed by atoms with E-state index >= 15 is 0 Å². The van der Waals surface area contributed by atoms with E-state index in [1.54, 1.807) is 21.8 Å². The van der Waals surface area contributed by atoms with Crippen LogP contribution in [0.3, 0.4) is 0 Å². The summed E-state index contributed by atoms with van der Waals surface area (Å²) in [6.07, 6.45) is 9.98. The number of nitrogens with one attached hydrogen (secondary N) is 2. The van der Waals surface area contributed by atoms with Crippen molar-refractivity contribution in [1.29, 1.82) is 0 Å². The Morgan fingerprint density at radius 3 is 1.77 bits per heavy atom. The van der Waals surface area contributed by atoms with Crippen LogP contribution in [0.15, 0.2) is 85.5 Å². The van der Waals surface area contributed by atoms with Gasteiger partial charge in [-0.25, -0.2) is 9.36 Å². The van der Waals surface area contributed by atoms with Gasteiger partial charge in [-0.15, -0.1) is 0 Å². The van der Waals surface area contributed by atoms with E-state index in [1.165, 1.54) is 0 Å². The summed E-state index contributed by atoms with van der Waals surface area (Å²) < 4.78 is 3.56. The number of hydrogen-bond donors (Lipinski definition) is 2. The van der Waals surface area contributed by atoms with Gasteiger partial charge in [0.25, 0.3) is 0 Å². The second kappa shape index (κ2) is 10.4. The maximum atomic E-state index is 12.7. The number of amides is 2. The summed E-state index contributed by atoms with van der Waals surface area (Å²) in [5.74, 6) is 0.345. The van der Waals surface area contributed by atoms with Crippen LogP contribution in [0.25, 0.3) is 11.4 Å². The van der Waals surface area contributed by atoms with E-state index in [1.807, 2.05) is 73.1 Å². The van der Waals surface area contributed by atoms with Crippen LogP contribution in [0.1, 0.15) is 24.0 Å². The number of rotatable bonds is 10. The Kier molecular flexibility index (Phi) is 6.70. The largest absolute Gasteiger partial charge is 0.354 e. The van der Waals surface area contributed by atoms with Crippen molar-refractivity contribution in [3.05, 3.63) is 96.6 Å². The minimum Gasteiger partial charge on any atom is -0.354 e. The summed E-state index contributed by atoms with van der Waals surface area (Å²) in [5.41, 5.74) is 3.78. The van der Waals surface area contributed by atoms with E-state index in [4.69, 9.17) is 0 Å². The molecule has 0 radical (unpaired) electrons. The first-order chi connectivity index (χ1) is 17.1. The first-order valence-corrected chi connectivity index (χ1v) is 11.9. The van der Waals surface area contributed by atoms with Gasteiger partial charge in [0.2, 0.25) is 11.8 Å². The summed E-state index contributed by atoms with van der Waals surface area (Å²) >= 11 is 0. The quantitative estimate of drug-likeness (QED) is 0.374. The molecule has 0 bridgehead atoms. The van der Waals surface area contributed by atoms with Crippen molar-refractivity contribution in [2.45, 2.75) is 31.7 Å². The van der Waals surface area contributed by atoms with Crippen molar-refractivity contribution in [3.8, 4) is 11.4 Å². The van der Waals surface area contributed by atoms with Gasteiger partial charge in [0, 0.05) is 37.4 Å². The molecule has 5 rings (SSSR count). The third kappa shape index (κ3) is 6.03. The maximum absolute atomic E-state index is 12.7. The van der Waals surface area contributed by atoms with Gasteiger partial charge < -0.3 is 10.6 Å². The molecule has 1 atom stereocenters. The average molecular weight is 469 g/mol. The highest BCUT2D eigenvalue weighted by Crippen LogP contribution is 2.32. The van der Waals surface area contributed by atoms with Crippen LogP contribution in [-0.2, 0) is 22.4 Å². The zero-order chi connectivity index (χ0) is 24.0. The monoisotopic (exact) mass is 468 g/mol. The predicted octanol–water partition coefficient (Wildman–Crippen LogP) is 2.85. The fourth-order valence-electron chi connectivity index (χ4n) is 4.13. The maximum Gasteiger partial charge on any atom is 0.224 e. The molecule has 8 nitrogen and oxygen atoms in total. The molecular weight excluding hydrogens is 440 g/mol. The van der Waals surface area contributed by atoms with Gasteiger partial charge in [-0.2, -0.15) is 10.2 Å². The predicted molar refractivity (Wildman–Crippen MR) is 132 cm³/mol. The minimum atomic E-state index is -0.0500. The smallest absolute Gasteiger partial charge is 0.224 e. The molecular formula is C27H28N6O2. The van der Waals surface area contributed by atoms with E-state index in [0.29, 0.717) is 25.3 Å². The van der Waals surface area contributed by atoms with E-state index in [2.05, 4.69) is 20.8 Å². The number of aromatic nitrogens is 4. The van der Waals surface area contributed by atoms with Gasteiger partial charge in [0.1, 0.15) is 0 Å². The van der Waals surface area contributed by atoms with Gasteiger partial charge in [0.15, 0.2) is 0 Å².